The van der Waals surface area contributed by atoms with Gasteiger partial charge in [-0.15, -0.1) is 0 Å². The van der Waals surface area contributed by atoms with Crippen molar-refractivity contribution in [2.75, 3.05) is 5.32 Å². The van der Waals surface area contributed by atoms with Gasteiger partial charge in [0, 0.05) is 0 Å². The largest absolute Gasteiger partial charge is 0.478 e. The number of hydrogen-bond acceptors (Lipinski definition) is 3. The number of benzene rings is 2. The molecule has 0 radical (unpaired) electrons. The fraction of sp³-hybridized carbons (Fsp3) is 0.0667. The molecule has 0 bridgehead atoms. The van der Waals surface area contributed by atoms with E-state index in [-0.39, 0.29) is 17.9 Å². The van der Waals surface area contributed by atoms with Crippen LogP contribution in [0.1, 0.15) is 15.9 Å². The third kappa shape index (κ3) is 3.95. The van der Waals surface area contributed by atoms with Crippen molar-refractivity contribution >= 4 is 29.4 Å². The molecule has 5 nitrogen and oxygen atoms in total. The lowest BCUT2D eigenvalue weighted by atomic mass is 10.2. The van der Waals surface area contributed by atoms with Crippen molar-refractivity contribution in [2.24, 2.45) is 0 Å². The average Bonchev–Trinajstić information content (AvgIpc) is 2.50. The van der Waals surface area contributed by atoms with Gasteiger partial charge in [0.25, 0.3) is 0 Å². The number of aromatic carboxylic acids is 1. The molecule has 0 fully saturated rings. The van der Waals surface area contributed by atoms with Crippen LogP contribution in [0.15, 0.2) is 42.5 Å². The van der Waals surface area contributed by atoms with Gasteiger partial charge in [-0.25, -0.2) is 14.0 Å². The zero-order valence-corrected chi connectivity index (χ0v) is 11.9. The summed E-state index contributed by atoms with van der Waals surface area (Å²) in [5.74, 6) is -2.22. The maximum atomic E-state index is 13.8. The number of hydrogen-bond donors (Lipinski definition) is 2. The predicted molar refractivity (Wildman–Crippen MR) is 78.6 cm³/mol. The first-order chi connectivity index (χ1) is 10.5. The number of carbonyl (C=O) groups is 2. The second kappa shape index (κ2) is 6.91. The zero-order chi connectivity index (χ0) is 16.1. The molecule has 2 aromatic rings. The summed E-state index contributed by atoms with van der Waals surface area (Å²) in [6, 6.07) is 10.8. The number of carboxylic acid groups (broad SMARTS) is 1. The van der Waals surface area contributed by atoms with Gasteiger partial charge in [-0.3, -0.25) is 5.32 Å². The van der Waals surface area contributed by atoms with Gasteiger partial charge in [-0.2, -0.15) is 0 Å². The van der Waals surface area contributed by atoms with Gasteiger partial charge >= 0.3 is 12.1 Å². The van der Waals surface area contributed by atoms with Gasteiger partial charge in [0.1, 0.15) is 6.61 Å². The molecule has 7 heteroatoms. The van der Waals surface area contributed by atoms with Crippen LogP contribution in [-0.4, -0.2) is 17.2 Å². The van der Waals surface area contributed by atoms with Crippen LogP contribution >= 0.6 is 11.6 Å². The van der Waals surface area contributed by atoms with E-state index in [4.69, 9.17) is 21.4 Å². The van der Waals surface area contributed by atoms with Crippen LogP contribution in [0.5, 0.6) is 0 Å². The molecule has 0 atom stereocenters. The molecule has 0 aliphatic carbocycles. The van der Waals surface area contributed by atoms with Gasteiger partial charge < -0.3 is 9.84 Å². The van der Waals surface area contributed by atoms with Crippen LogP contribution in [-0.2, 0) is 11.3 Å². The fourth-order valence-electron chi connectivity index (χ4n) is 1.67. The van der Waals surface area contributed by atoms with E-state index in [9.17, 15) is 14.0 Å². The Morgan fingerprint density at radius 2 is 1.91 bits per heavy atom. The van der Waals surface area contributed by atoms with Crippen LogP contribution < -0.4 is 5.32 Å². The number of amides is 1. The maximum Gasteiger partial charge on any atom is 0.412 e. The molecule has 0 aliphatic rings. The Hall–Kier alpha value is -2.60. The van der Waals surface area contributed by atoms with Crippen molar-refractivity contribution in [3.63, 3.8) is 0 Å². The molecule has 0 saturated heterocycles. The molecule has 2 rings (SSSR count). The standard InChI is InChI=1S/C15H11ClFNO4/c16-11-6-10(14(19)20)7-12(13(11)17)18-15(21)22-8-9-4-2-1-3-5-9/h1-7H,8H2,(H,18,21)(H,19,20). The second-order valence-corrected chi connectivity index (χ2v) is 4.72. The Bertz CT molecular complexity index is 706. The van der Waals surface area contributed by atoms with Crippen molar-refractivity contribution in [2.45, 2.75) is 6.61 Å². The number of nitrogens with one attached hydrogen (secondary N) is 1. The first kappa shape index (κ1) is 15.8. The highest BCUT2D eigenvalue weighted by atomic mass is 35.5. The van der Waals surface area contributed by atoms with Crippen LogP contribution in [0.3, 0.4) is 0 Å². The Kier molecular flexibility index (Phi) is 4.95. The van der Waals surface area contributed by atoms with Crippen molar-refractivity contribution in [1.82, 2.24) is 0 Å². The molecule has 0 unspecified atom stereocenters. The van der Waals surface area contributed by atoms with E-state index in [2.05, 4.69) is 5.32 Å². The summed E-state index contributed by atoms with van der Waals surface area (Å²) in [6.07, 6.45) is -0.915. The molecule has 2 aromatic carbocycles. The Morgan fingerprint density at radius 3 is 2.55 bits per heavy atom. The Balaban J connectivity index is 2.06. The van der Waals surface area contributed by atoms with E-state index >= 15 is 0 Å². The summed E-state index contributed by atoms with van der Waals surface area (Å²) >= 11 is 5.59. The van der Waals surface area contributed by atoms with Gasteiger partial charge in [0.15, 0.2) is 5.82 Å². The minimum Gasteiger partial charge on any atom is -0.478 e. The zero-order valence-electron chi connectivity index (χ0n) is 11.2. The first-order valence-corrected chi connectivity index (χ1v) is 6.55. The molecule has 0 aliphatic heterocycles. The summed E-state index contributed by atoms with van der Waals surface area (Å²) in [6.45, 7) is 0.000641. The molecular weight excluding hydrogens is 313 g/mol. The van der Waals surface area contributed by atoms with Gasteiger partial charge in [0.05, 0.1) is 16.3 Å². The number of halogens is 2. The van der Waals surface area contributed by atoms with Gasteiger partial charge in [0.2, 0.25) is 0 Å². The number of anilines is 1. The highest BCUT2D eigenvalue weighted by molar-refractivity contribution is 6.31. The molecule has 114 valence electrons. The lowest BCUT2D eigenvalue weighted by molar-refractivity contribution is 0.0696. The quantitative estimate of drug-likeness (QED) is 0.894. The van der Waals surface area contributed by atoms with E-state index in [1.54, 1.807) is 24.3 Å². The SMILES string of the molecule is O=C(Nc1cc(C(=O)O)cc(Cl)c1F)OCc1ccccc1. The minimum atomic E-state index is -1.29. The molecule has 2 N–H and O–H groups in total. The highest BCUT2D eigenvalue weighted by Crippen LogP contribution is 2.25. The van der Waals surface area contributed by atoms with E-state index in [1.807, 2.05) is 6.07 Å². The summed E-state index contributed by atoms with van der Waals surface area (Å²) in [5.41, 5.74) is 0.156. The molecule has 0 saturated carbocycles. The monoisotopic (exact) mass is 323 g/mol. The van der Waals surface area contributed by atoms with Crippen molar-refractivity contribution in [3.05, 3.63) is 64.4 Å². The lowest BCUT2D eigenvalue weighted by Crippen LogP contribution is -2.15. The molecule has 0 spiro atoms. The Labute approximate surface area is 130 Å². The normalized spacial score (nSPS) is 10.1. The number of ether oxygens (including phenoxy) is 1. The third-order valence-corrected chi connectivity index (χ3v) is 3.00. The molecule has 0 heterocycles. The predicted octanol–water partition coefficient (Wildman–Crippen LogP) is 3.93. The number of carbonyl (C=O) groups excluding carboxylic acids is 1. The fourth-order valence-corrected chi connectivity index (χ4v) is 1.89. The molecule has 22 heavy (non-hydrogen) atoms. The first-order valence-electron chi connectivity index (χ1n) is 6.17. The smallest absolute Gasteiger partial charge is 0.412 e. The maximum absolute atomic E-state index is 13.8. The topological polar surface area (TPSA) is 75.6 Å². The van der Waals surface area contributed by atoms with E-state index in [1.165, 1.54) is 0 Å². The number of rotatable bonds is 4. The van der Waals surface area contributed by atoms with E-state index < -0.39 is 22.9 Å². The van der Waals surface area contributed by atoms with Gasteiger partial charge in [-0.05, 0) is 17.7 Å². The summed E-state index contributed by atoms with van der Waals surface area (Å²) in [7, 11) is 0. The van der Waals surface area contributed by atoms with Gasteiger partial charge in [-0.1, -0.05) is 41.9 Å². The average molecular weight is 324 g/mol. The summed E-state index contributed by atoms with van der Waals surface area (Å²) in [5, 5.41) is 10.6. The van der Waals surface area contributed by atoms with Crippen molar-refractivity contribution in [1.29, 1.82) is 0 Å². The third-order valence-electron chi connectivity index (χ3n) is 2.72. The molecular formula is C15H11ClFNO4. The van der Waals surface area contributed by atoms with Crippen LogP contribution in [0.25, 0.3) is 0 Å². The van der Waals surface area contributed by atoms with E-state index in [0.29, 0.717) is 0 Å². The van der Waals surface area contributed by atoms with E-state index in [0.717, 1.165) is 17.7 Å². The minimum absolute atomic E-state index is 0.000641. The molecule has 0 aromatic heterocycles. The molecule has 1 amide bonds. The van der Waals surface area contributed by atoms with Crippen molar-refractivity contribution < 1.29 is 23.8 Å². The second-order valence-electron chi connectivity index (χ2n) is 4.31. The number of carboxylic acids is 1. The van der Waals surface area contributed by atoms with Crippen molar-refractivity contribution in [3.8, 4) is 0 Å². The highest BCUT2D eigenvalue weighted by Gasteiger charge is 2.15. The van der Waals surface area contributed by atoms with Crippen LogP contribution in [0.4, 0.5) is 14.9 Å². The van der Waals surface area contributed by atoms with Crippen LogP contribution in [0, 0.1) is 5.82 Å². The summed E-state index contributed by atoms with van der Waals surface area (Å²) < 4.78 is 18.7. The van der Waals surface area contributed by atoms with Crippen LogP contribution in [0.2, 0.25) is 5.02 Å². The summed E-state index contributed by atoms with van der Waals surface area (Å²) in [4.78, 5) is 22.5. The lowest BCUT2D eigenvalue weighted by Gasteiger charge is -2.09. The Morgan fingerprint density at radius 1 is 1.23 bits per heavy atom.